The zero-order valence-corrected chi connectivity index (χ0v) is 12.6. The van der Waals surface area contributed by atoms with Crippen LogP contribution in [-0.2, 0) is 4.79 Å². The van der Waals surface area contributed by atoms with Crippen LogP contribution >= 0.6 is 0 Å². The SMILES string of the molecule is Cc1ccc2c(c1)C(Nc1ccc(C(C)C)cc1)C(=O)N2. The van der Waals surface area contributed by atoms with Crippen LogP contribution in [0.3, 0.4) is 0 Å². The summed E-state index contributed by atoms with van der Waals surface area (Å²) in [5.41, 5.74) is 5.35. The molecule has 0 radical (unpaired) electrons. The van der Waals surface area contributed by atoms with Crippen molar-refractivity contribution in [2.24, 2.45) is 0 Å². The Morgan fingerprint density at radius 3 is 2.48 bits per heavy atom. The van der Waals surface area contributed by atoms with Gasteiger partial charge in [0.05, 0.1) is 0 Å². The van der Waals surface area contributed by atoms with Gasteiger partial charge in [-0.2, -0.15) is 0 Å². The van der Waals surface area contributed by atoms with Gasteiger partial charge in [-0.3, -0.25) is 4.79 Å². The van der Waals surface area contributed by atoms with Crippen molar-refractivity contribution in [1.29, 1.82) is 0 Å². The number of anilines is 2. The van der Waals surface area contributed by atoms with Crippen molar-refractivity contribution in [2.45, 2.75) is 32.7 Å². The van der Waals surface area contributed by atoms with Crippen LogP contribution in [0.2, 0.25) is 0 Å². The summed E-state index contributed by atoms with van der Waals surface area (Å²) in [4.78, 5) is 12.1. The molecule has 0 spiro atoms. The summed E-state index contributed by atoms with van der Waals surface area (Å²) in [6.07, 6.45) is 0. The highest BCUT2D eigenvalue weighted by Crippen LogP contribution is 2.34. The van der Waals surface area contributed by atoms with Gasteiger partial charge in [-0.1, -0.05) is 43.7 Å². The summed E-state index contributed by atoms with van der Waals surface area (Å²) >= 11 is 0. The molecule has 1 aliphatic rings. The summed E-state index contributed by atoms with van der Waals surface area (Å²) in [6.45, 7) is 6.38. The van der Waals surface area contributed by atoms with Crippen LogP contribution in [0.25, 0.3) is 0 Å². The predicted molar refractivity (Wildman–Crippen MR) is 86.7 cm³/mol. The van der Waals surface area contributed by atoms with E-state index in [1.165, 1.54) is 5.56 Å². The van der Waals surface area contributed by atoms with Crippen molar-refractivity contribution in [1.82, 2.24) is 0 Å². The summed E-state index contributed by atoms with van der Waals surface area (Å²) in [6, 6.07) is 14.0. The molecule has 2 aromatic rings. The van der Waals surface area contributed by atoms with E-state index in [4.69, 9.17) is 0 Å². The fourth-order valence-electron chi connectivity index (χ4n) is 2.66. The molecular weight excluding hydrogens is 260 g/mol. The smallest absolute Gasteiger partial charge is 0.251 e. The Kier molecular flexibility index (Phi) is 3.42. The Morgan fingerprint density at radius 2 is 1.81 bits per heavy atom. The molecule has 1 aliphatic heterocycles. The number of fused-ring (bicyclic) bond motifs is 1. The predicted octanol–water partition coefficient (Wildman–Crippen LogP) is 4.22. The lowest BCUT2D eigenvalue weighted by Crippen LogP contribution is -2.19. The van der Waals surface area contributed by atoms with Gasteiger partial charge in [0.2, 0.25) is 0 Å². The van der Waals surface area contributed by atoms with E-state index in [0.29, 0.717) is 5.92 Å². The quantitative estimate of drug-likeness (QED) is 0.883. The molecule has 108 valence electrons. The minimum absolute atomic E-state index is 0.00327. The van der Waals surface area contributed by atoms with E-state index in [0.717, 1.165) is 22.5 Å². The molecule has 0 bridgehead atoms. The second-order valence-electron chi connectivity index (χ2n) is 5.93. The lowest BCUT2D eigenvalue weighted by atomic mass is 10.0. The summed E-state index contributed by atoms with van der Waals surface area (Å²) in [5.74, 6) is 0.515. The van der Waals surface area contributed by atoms with Crippen molar-refractivity contribution in [3.05, 3.63) is 59.2 Å². The van der Waals surface area contributed by atoms with Crippen molar-refractivity contribution < 1.29 is 4.79 Å². The molecule has 0 fully saturated rings. The maximum absolute atomic E-state index is 12.1. The zero-order chi connectivity index (χ0) is 15.0. The second kappa shape index (κ2) is 5.24. The van der Waals surface area contributed by atoms with Gasteiger partial charge in [-0.05, 0) is 36.6 Å². The van der Waals surface area contributed by atoms with E-state index in [-0.39, 0.29) is 11.9 Å². The topological polar surface area (TPSA) is 41.1 Å². The number of hydrogen-bond acceptors (Lipinski definition) is 2. The summed E-state index contributed by atoms with van der Waals surface area (Å²) in [7, 11) is 0. The van der Waals surface area contributed by atoms with E-state index >= 15 is 0 Å². The van der Waals surface area contributed by atoms with Crippen molar-refractivity contribution >= 4 is 17.3 Å². The highest BCUT2D eigenvalue weighted by Gasteiger charge is 2.30. The minimum Gasteiger partial charge on any atom is -0.370 e. The first-order valence-electron chi connectivity index (χ1n) is 7.32. The van der Waals surface area contributed by atoms with Gasteiger partial charge in [-0.15, -0.1) is 0 Å². The van der Waals surface area contributed by atoms with Gasteiger partial charge < -0.3 is 10.6 Å². The van der Waals surface area contributed by atoms with Crippen LogP contribution in [-0.4, -0.2) is 5.91 Å². The van der Waals surface area contributed by atoms with Crippen LogP contribution in [0, 0.1) is 6.92 Å². The fourth-order valence-corrected chi connectivity index (χ4v) is 2.66. The van der Waals surface area contributed by atoms with E-state index < -0.39 is 0 Å². The van der Waals surface area contributed by atoms with Gasteiger partial charge in [0.1, 0.15) is 6.04 Å². The molecule has 0 aromatic heterocycles. The van der Waals surface area contributed by atoms with Gasteiger partial charge >= 0.3 is 0 Å². The zero-order valence-electron chi connectivity index (χ0n) is 12.6. The Bertz CT molecular complexity index is 674. The van der Waals surface area contributed by atoms with Crippen LogP contribution in [0.15, 0.2) is 42.5 Å². The lowest BCUT2D eigenvalue weighted by molar-refractivity contribution is -0.116. The van der Waals surface area contributed by atoms with Crippen LogP contribution in [0.4, 0.5) is 11.4 Å². The van der Waals surface area contributed by atoms with Gasteiger partial charge in [0.15, 0.2) is 0 Å². The molecule has 3 rings (SSSR count). The Labute approximate surface area is 125 Å². The number of carbonyl (C=O) groups excluding carboxylic acids is 1. The fraction of sp³-hybridized carbons (Fsp3) is 0.278. The second-order valence-corrected chi connectivity index (χ2v) is 5.93. The maximum Gasteiger partial charge on any atom is 0.251 e. The minimum atomic E-state index is -0.315. The van der Waals surface area contributed by atoms with Crippen LogP contribution < -0.4 is 10.6 Å². The lowest BCUT2D eigenvalue weighted by Gasteiger charge is -2.14. The number of amides is 1. The third-order valence-electron chi connectivity index (χ3n) is 3.93. The number of nitrogens with one attached hydrogen (secondary N) is 2. The largest absolute Gasteiger partial charge is 0.370 e. The first-order valence-corrected chi connectivity index (χ1v) is 7.32. The molecule has 3 heteroatoms. The number of benzene rings is 2. The van der Waals surface area contributed by atoms with Crippen molar-refractivity contribution in [3.8, 4) is 0 Å². The first kappa shape index (κ1) is 13.7. The molecule has 3 nitrogen and oxygen atoms in total. The summed E-state index contributed by atoms with van der Waals surface area (Å²) < 4.78 is 0. The van der Waals surface area contributed by atoms with Gasteiger partial charge in [-0.25, -0.2) is 0 Å². The highest BCUT2D eigenvalue weighted by molar-refractivity contribution is 6.04. The third kappa shape index (κ3) is 2.64. The van der Waals surface area contributed by atoms with E-state index in [2.05, 4.69) is 42.7 Å². The van der Waals surface area contributed by atoms with E-state index in [9.17, 15) is 4.79 Å². The molecule has 1 heterocycles. The van der Waals surface area contributed by atoms with Crippen molar-refractivity contribution in [3.63, 3.8) is 0 Å². The Morgan fingerprint density at radius 1 is 1.10 bits per heavy atom. The molecular formula is C18H20N2O. The molecule has 0 saturated heterocycles. The maximum atomic E-state index is 12.1. The number of carbonyl (C=O) groups is 1. The first-order chi connectivity index (χ1) is 10.0. The highest BCUT2D eigenvalue weighted by atomic mass is 16.2. The molecule has 2 aromatic carbocycles. The molecule has 2 N–H and O–H groups in total. The molecule has 1 amide bonds. The molecule has 0 saturated carbocycles. The Hall–Kier alpha value is -2.29. The van der Waals surface area contributed by atoms with Crippen molar-refractivity contribution in [2.75, 3.05) is 10.6 Å². The molecule has 0 aliphatic carbocycles. The molecule has 1 unspecified atom stereocenters. The summed E-state index contributed by atoms with van der Waals surface area (Å²) in [5, 5.41) is 6.25. The van der Waals surface area contributed by atoms with Crippen LogP contribution in [0.5, 0.6) is 0 Å². The number of aryl methyl sites for hydroxylation is 1. The van der Waals surface area contributed by atoms with Gasteiger partial charge in [0, 0.05) is 16.9 Å². The third-order valence-corrected chi connectivity index (χ3v) is 3.93. The average Bonchev–Trinajstić information content (AvgIpc) is 2.76. The van der Waals surface area contributed by atoms with E-state index in [1.54, 1.807) is 0 Å². The monoisotopic (exact) mass is 280 g/mol. The number of rotatable bonds is 3. The normalized spacial score (nSPS) is 16.8. The molecule has 1 atom stereocenters. The molecule has 21 heavy (non-hydrogen) atoms. The number of hydrogen-bond donors (Lipinski definition) is 2. The van der Waals surface area contributed by atoms with E-state index in [1.807, 2.05) is 31.2 Å². The standard InChI is InChI=1S/C18H20N2O/c1-11(2)13-5-7-14(8-6-13)19-17-15-10-12(3)4-9-16(15)20-18(17)21/h4-11,17,19H,1-3H3,(H,20,21). The Balaban J connectivity index is 1.85. The van der Waals surface area contributed by atoms with Crippen LogP contribution in [0.1, 0.15) is 42.5 Å². The van der Waals surface area contributed by atoms with Gasteiger partial charge in [0.25, 0.3) is 5.91 Å². The average molecular weight is 280 g/mol.